The smallest absolute Gasteiger partial charge is 0.0443 e. The van der Waals surface area contributed by atoms with Gasteiger partial charge in [-0.1, -0.05) is 0 Å². The van der Waals surface area contributed by atoms with E-state index in [1.165, 1.54) is 51.4 Å². The van der Waals surface area contributed by atoms with Crippen molar-refractivity contribution in [2.75, 3.05) is 118 Å². The van der Waals surface area contributed by atoms with Crippen molar-refractivity contribution >= 4 is 0 Å². The molecule has 0 aromatic carbocycles. The third kappa shape index (κ3) is 37.6. The lowest BCUT2D eigenvalue weighted by molar-refractivity contribution is 0.285. The largest absolute Gasteiger partial charge is 0.396 e. The minimum absolute atomic E-state index is 0.279. The second-order valence-electron chi connectivity index (χ2n) is 10.7. The summed E-state index contributed by atoms with van der Waals surface area (Å²) in [5.41, 5.74) is 0. The molecule has 0 spiro atoms. The van der Waals surface area contributed by atoms with E-state index in [2.05, 4.69) is 42.5 Å². The maximum absolute atomic E-state index is 8.72. The van der Waals surface area contributed by atoms with Gasteiger partial charge in [-0.25, -0.2) is 0 Å². The number of hydrogen-bond donors (Lipinski definition) is 10. The van der Waals surface area contributed by atoms with Crippen molar-refractivity contribution in [2.24, 2.45) is 0 Å². The number of rotatable bonds is 37. The van der Waals surface area contributed by atoms with Gasteiger partial charge in [-0.3, -0.25) is 0 Å². The summed E-state index contributed by atoms with van der Waals surface area (Å²) in [5.74, 6) is 0. The number of hydrogen-bond acceptors (Lipinski definition) is 10. The van der Waals surface area contributed by atoms with Gasteiger partial charge >= 0.3 is 0 Å². The molecule has 0 saturated heterocycles. The third-order valence-corrected chi connectivity index (χ3v) is 6.72. The molecule has 10 heteroatoms. The van der Waals surface area contributed by atoms with Gasteiger partial charge in [-0.2, -0.15) is 0 Å². The molecule has 0 saturated carbocycles. The minimum atomic E-state index is 0.279. The molecule has 40 heavy (non-hydrogen) atoms. The van der Waals surface area contributed by atoms with Crippen LogP contribution in [0.4, 0.5) is 0 Å². The third-order valence-electron chi connectivity index (χ3n) is 6.72. The van der Waals surface area contributed by atoms with Crippen LogP contribution in [-0.4, -0.2) is 128 Å². The van der Waals surface area contributed by atoms with Crippen LogP contribution in [0.5, 0.6) is 0 Å². The Bertz CT molecular complexity index is 401. The quantitative estimate of drug-likeness (QED) is 0.0474. The summed E-state index contributed by atoms with van der Waals surface area (Å²) < 4.78 is 0. The molecule has 0 aliphatic carbocycles. The van der Waals surface area contributed by atoms with Crippen LogP contribution in [0, 0.1) is 0 Å². The van der Waals surface area contributed by atoms with Crippen LogP contribution >= 0.6 is 0 Å². The van der Waals surface area contributed by atoms with E-state index in [-0.39, 0.29) is 13.2 Å². The topological polar surface area (TPSA) is 137 Å². The lowest BCUT2D eigenvalue weighted by atomic mass is 10.3. The molecule has 0 aliphatic rings. The van der Waals surface area contributed by atoms with Crippen LogP contribution < -0.4 is 42.5 Å². The predicted octanol–water partition coefficient (Wildman–Crippen LogP) is 0.369. The Labute approximate surface area is 247 Å². The van der Waals surface area contributed by atoms with Crippen molar-refractivity contribution in [1.82, 2.24) is 42.5 Å². The maximum Gasteiger partial charge on any atom is 0.0443 e. The van der Waals surface area contributed by atoms with Crippen molar-refractivity contribution < 1.29 is 10.2 Å². The highest BCUT2D eigenvalue weighted by molar-refractivity contribution is 4.58. The molecule has 10 nitrogen and oxygen atoms in total. The summed E-state index contributed by atoms with van der Waals surface area (Å²) in [7, 11) is 0. The molecule has 0 radical (unpaired) electrons. The fourth-order valence-electron chi connectivity index (χ4n) is 4.26. The second-order valence-corrected chi connectivity index (χ2v) is 10.7. The SMILES string of the molecule is OCCCNCCCNCCCCNCCCNCCCCNCCCNCCCCNCCCNCCCO. The maximum atomic E-state index is 8.72. The summed E-state index contributed by atoms with van der Waals surface area (Å²) in [6, 6.07) is 0. The fraction of sp³-hybridized carbons (Fsp3) is 1.00. The number of nitrogens with one attached hydrogen (secondary N) is 8. The fourth-order valence-corrected chi connectivity index (χ4v) is 4.26. The Morgan fingerprint density at radius 1 is 0.200 bits per heavy atom. The zero-order chi connectivity index (χ0) is 28.9. The first-order valence-electron chi connectivity index (χ1n) is 16.8. The van der Waals surface area contributed by atoms with E-state index in [0.29, 0.717) is 0 Å². The molecule has 0 fully saturated rings. The zero-order valence-corrected chi connectivity index (χ0v) is 26.1. The van der Waals surface area contributed by atoms with Crippen molar-refractivity contribution in [1.29, 1.82) is 0 Å². The van der Waals surface area contributed by atoms with Gasteiger partial charge < -0.3 is 52.7 Å². The van der Waals surface area contributed by atoms with Crippen molar-refractivity contribution in [3.63, 3.8) is 0 Å². The van der Waals surface area contributed by atoms with Gasteiger partial charge in [-0.15, -0.1) is 0 Å². The van der Waals surface area contributed by atoms with Gasteiger partial charge in [0.2, 0.25) is 0 Å². The van der Waals surface area contributed by atoms with Crippen LogP contribution in [0.25, 0.3) is 0 Å². The average Bonchev–Trinajstić information content (AvgIpc) is 2.97. The summed E-state index contributed by atoms with van der Waals surface area (Å²) in [6.07, 6.45) is 13.8. The van der Waals surface area contributed by atoms with Gasteiger partial charge in [0.25, 0.3) is 0 Å². The molecule has 0 rings (SSSR count). The molecule has 0 aliphatic heterocycles. The monoisotopic (exact) mass is 575 g/mol. The van der Waals surface area contributed by atoms with Gasteiger partial charge in [0.15, 0.2) is 0 Å². The first kappa shape index (κ1) is 39.6. The second kappa shape index (κ2) is 38.6. The number of unbranched alkanes of at least 4 members (excludes halogenated alkanes) is 3. The van der Waals surface area contributed by atoms with Crippen LogP contribution in [0.2, 0.25) is 0 Å². The van der Waals surface area contributed by atoms with E-state index in [1.807, 2.05) is 0 Å². The van der Waals surface area contributed by atoms with E-state index < -0.39 is 0 Å². The molecule has 0 amide bonds. The first-order valence-corrected chi connectivity index (χ1v) is 16.8. The van der Waals surface area contributed by atoms with E-state index in [1.54, 1.807) is 0 Å². The normalized spacial score (nSPS) is 11.6. The van der Waals surface area contributed by atoms with Gasteiger partial charge in [-0.05, 0) is 182 Å². The molecule has 0 aromatic rings. The lowest BCUT2D eigenvalue weighted by Gasteiger charge is -2.08. The van der Waals surface area contributed by atoms with Gasteiger partial charge in [0, 0.05) is 13.2 Å². The Hall–Kier alpha value is -0.400. The Morgan fingerprint density at radius 2 is 0.350 bits per heavy atom. The van der Waals surface area contributed by atoms with Crippen LogP contribution in [0.3, 0.4) is 0 Å². The summed E-state index contributed by atoms with van der Waals surface area (Å²) >= 11 is 0. The molecule has 10 N–H and O–H groups in total. The molecule has 0 aromatic heterocycles. The summed E-state index contributed by atoms with van der Waals surface area (Å²) in [4.78, 5) is 0. The van der Waals surface area contributed by atoms with Crippen LogP contribution in [0.1, 0.15) is 77.0 Å². The minimum Gasteiger partial charge on any atom is -0.396 e. The van der Waals surface area contributed by atoms with E-state index >= 15 is 0 Å². The van der Waals surface area contributed by atoms with E-state index in [0.717, 1.165) is 130 Å². The highest BCUT2D eigenvalue weighted by Crippen LogP contribution is 1.89. The van der Waals surface area contributed by atoms with Gasteiger partial charge in [0.05, 0.1) is 0 Å². The molecule has 0 unspecified atom stereocenters. The highest BCUT2D eigenvalue weighted by atomic mass is 16.3. The molecule has 242 valence electrons. The van der Waals surface area contributed by atoms with Crippen molar-refractivity contribution in [3.05, 3.63) is 0 Å². The standard InChI is InChI=1S/C30H70N8O2/c39-29-11-27-37-25-9-23-35-17-5-3-15-33-21-7-19-31-13-1-2-14-32-20-8-22-34-16-4-6-18-36-24-10-26-38-28-12-30-40/h31-40H,1-30H2. The van der Waals surface area contributed by atoms with Crippen molar-refractivity contribution in [3.8, 4) is 0 Å². The molecule has 0 bridgehead atoms. The predicted molar refractivity (Wildman–Crippen MR) is 173 cm³/mol. The first-order chi connectivity index (χ1) is 19.9. The van der Waals surface area contributed by atoms with E-state index in [9.17, 15) is 0 Å². The van der Waals surface area contributed by atoms with E-state index in [4.69, 9.17) is 10.2 Å². The summed E-state index contributed by atoms with van der Waals surface area (Å²) in [5, 5.41) is 45.4. The lowest BCUT2D eigenvalue weighted by Crippen LogP contribution is -2.26. The Balaban J connectivity index is 3.01. The Kier molecular flexibility index (Phi) is 38.2. The molecular weight excluding hydrogens is 504 g/mol. The summed E-state index contributed by atoms with van der Waals surface area (Å²) in [6.45, 7) is 17.8. The zero-order valence-electron chi connectivity index (χ0n) is 26.1. The molecule has 0 atom stereocenters. The van der Waals surface area contributed by atoms with Crippen molar-refractivity contribution in [2.45, 2.75) is 77.0 Å². The van der Waals surface area contributed by atoms with Crippen LogP contribution in [-0.2, 0) is 0 Å². The Morgan fingerprint density at radius 3 is 0.525 bits per heavy atom. The molecular formula is C30H70N8O2. The molecule has 0 heterocycles. The van der Waals surface area contributed by atoms with Gasteiger partial charge in [0.1, 0.15) is 0 Å². The number of aliphatic hydroxyl groups is 2. The number of aliphatic hydroxyl groups excluding tert-OH is 2. The average molecular weight is 575 g/mol. The highest BCUT2D eigenvalue weighted by Gasteiger charge is 1.95. The van der Waals surface area contributed by atoms with Crippen LogP contribution in [0.15, 0.2) is 0 Å².